The highest BCUT2D eigenvalue weighted by molar-refractivity contribution is 5.92. The first-order valence-electron chi connectivity index (χ1n) is 8.28. The van der Waals surface area contributed by atoms with Crippen LogP contribution in [0.4, 0.5) is 11.4 Å². The Morgan fingerprint density at radius 3 is 2.32 bits per heavy atom. The molecule has 1 aromatic carbocycles. The van der Waals surface area contributed by atoms with E-state index in [2.05, 4.69) is 15.6 Å². The summed E-state index contributed by atoms with van der Waals surface area (Å²) >= 11 is 0. The average Bonchev–Trinajstić information content (AvgIpc) is 2.61. The van der Waals surface area contributed by atoms with Gasteiger partial charge in [0.05, 0.1) is 24.1 Å². The zero-order valence-corrected chi connectivity index (χ0v) is 14.7. The lowest BCUT2D eigenvalue weighted by molar-refractivity contribution is 0.0526. The lowest BCUT2D eigenvalue weighted by atomic mass is 10.2. The van der Waals surface area contributed by atoms with Gasteiger partial charge in [-0.25, -0.2) is 9.78 Å². The normalized spacial score (nSPS) is 10.4. The lowest BCUT2D eigenvalue weighted by Gasteiger charge is -2.09. The van der Waals surface area contributed by atoms with Crippen molar-refractivity contribution in [2.75, 3.05) is 18.5 Å². The molecule has 0 aliphatic rings. The minimum Gasteiger partial charge on any atom is -0.462 e. The molecule has 0 atom stereocenters. The van der Waals surface area contributed by atoms with Gasteiger partial charge >= 0.3 is 5.97 Å². The maximum Gasteiger partial charge on any atom is 0.338 e. The van der Waals surface area contributed by atoms with Gasteiger partial charge in [-0.05, 0) is 49.2 Å². The number of aromatic nitrogens is 1. The lowest BCUT2D eigenvalue weighted by Crippen LogP contribution is -2.27. The maximum atomic E-state index is 11.9. The number of esters is 1. The van der Waals surface area contributed by atoms with E-state index >= 15 is 0 Å². The second kappa shape index (κ2) is 8.82. The van der Waals surface area contributed by atoms with Gasteiger partial charge in [0, 0.05) is 12.2 Å². The molecule has 0 aliphatic carbocycles. The zero-order chi connectivity index (χ0) is 18.2. The molecule has 1 heterocycles. The molecule has 6 nitrogen and oxygen atoms in total. The third kappa shape index (κ3) is 5.60. The van der Waals surface area contributed by atoms with Crippen LogP contribution in [0.25, 0.3) is 0 Å². The van der Waals surface area contributed by atoms with Crippen LogP contribution in [0.3, 0.4) is 0 Å². The van der Waals surface area contributed by atoms with E-state index in [9.17, 15) is 9.59 Å². The summed E-state index contributed by atoms with van der Waals surface area (Å²) < 4.78 is 4.95. The van der Waals surface area contributed by atoms with Crippen LogP contribution in [-0.4, -0.2) is 30.0 Å². The number of carbonyl (C=O) groups excluding carboxylic acids is 2. The Kier molecular flexibility index (Phi) is 6.51. The molecule has 0 bridgehead atoms. The fraction of sp³-hybridized carbons (Fsp3) is 0.316. The number of amides is 1. The Labute approximate surface area is 147 Å². The Balaban J connectivity index is 1.96. The summed E-state index contributed by atoms with van der Waals surface area (Å²) in [5.74, 6) is -0.131. The van der Waals surface area contributed by atoms with Crippen molar-refractivity contribution in [1.29, 1.82) is 0 Å². The molecule has 2 aromatic rings. The first kappa shape index (κ1) is 18.4. The van der Waals surface area contributed by atoms with Crippen LogP contribution < -0.4 is 10.6 Å². The average molecular weight is 341 g/mol. The summed E-state index contributed by atoms with van der Waals surface area (Å²) in [6.45, 7) is 6.81. The van der Waals surface area contributed by atoms with Crippen LogP contribution >= 0.6 is 0 Å². The van der Waals surface area contributed by atoms with E-state index in [0.29, 0.717) is 30.3 Å². The van der Waals surface area contributed by atoms with Gasteiger partial charge in [0.15, 0.2) is 0 Å². The predicted octanol–water partition coefficient (Wildman–Crippen LogP) is 3.39. The van der Waals surface area contributed by atoms with Gasteiger partial charge in [0.1, 0.15) is 5.69 Å². The van der Waals surface area contributed by atoms with Crippen molar-refractivity contribution in [2.24, 2.45) is 5.92 Å². The van der Waals surface area contributed by atoms with Crippen molar-refractivity contribution in [3.63, 3.8) is 0 Å². The van der Waals surface area contributed by atoms with Gasteiger partial charge in [-0.2, -0.15) is 0 Å². The highest BCUT2D eigenvalue weighted by Gasteiger charge is 2.08. The molecule has 25 heavy (non-hydrogen) atoms. The minimum atomic E-state index is -0.340. The second-order valence-corrected chi connectivity index (χ2v) is 5.96. The molecule has 0 aliphatic heterocycles. The van der Waals surface area contributed by atoms with E-state index in [1.54, 1.807) is 49.5 Å². The number of ether oxygens (including phenoxy) is 1. The highest BCUT2D eigenvalue weighted by Crippen LogP contribution is 2.17. The van der Waals surface area contributed by atoms with Crippen LogP contribution in [0.15, 0.2) is 42.6 Å². The second-order valence-electron chi connectivity index (χ2n) is 5.96. The number of anilines is 2. The van der Waals surface area contributed by atoms with Gasteiger partial charge in [-0.15, -0.1) is 0 Å². The molecule has 0 saturated heterocycles. The van der Waals surface area contributed by atoms with Crippen molar-refractivity contribution in [2.45, 2.75) is 20.8 Å². The Hall–Kier alpha value is -2.89. The fourth-order valence-electron chi connectivity index (χ4n) is 2.06. The third-order valence-electron chi connectivity index (χ3n) is 3.35. The molecular weight excluding hydrogens is 318 g/mol. The summed E-state index contributed by atoms with van der Waals surface area (Å²) in [6, 6.07) is 10.4. The molecule has 1 amide bonds. The molecule has 0 unspecified atom stereocenters. The van der Waals surface area contributed by atoms with Crippen LogP contribution in [0.2, 0.25) is 0 Å². The number of rotatable bonds is 7. The van der Waals surface area contributed by atoms with Crippen molar-refractivity contribution >= 4 is 23.3 Å². The Morgan fingerprint density at radius 2 is 1.76 bits per heavy atom. The fourth-order valence-corrected chi connectivity index (χ4v) is 2.06. The summed E-state index contributed by atoms with van der Waals surface area (Å²) in [6.07, 6.45) is 1.60. The standard InChI is InChI=1S/C19H23N3O3/c1-4-25-19(24)14-5-7-15(8-6-14)22-16-9-10-17(20-12-16)18(23)21-11-13(2)3/h5-10,12-13,22H,4,11H2,1-3H3,(H,21,23). The largest absolute Gasteiger partial charge is 0.462 e. The Morgan fingerprint density at radius 1 is 1.08 bits per heavy atom. The van der Waals surface area contributed by atoms with E-state index in [1.807, 2.05) is 13.8 Å². The Bertz CT molecular complexity index is 710. The number of benzene rings is 1. The van der Waals surface area contributed by atoms with Crippen molar-refractivity contribution in [1.82, 2.24) is 10.3 Å². The first-order valence-corrected chi connectivity index (χ1v) is 8.28. The van der Waals surface area contributed by atoms with Crippen LogP contribution in [-0.2, 0) is 4.74 Å². The summed E-state index contributed by atoms with van der Waals surface area (Å²) in [7, 11) is 0. The molecule has 132 valence electrons. The third-order valence-corrected chi connectivity index (χ3v) is 3.35. The van der Waals surface area contributed by atoms with E-state index in [4.69, 9.17) is 4.74 Å². The smallest absolute Gasteiger partial charge is 0.338 e. The SMILES string of the molecule is CCOC(=O)c1ccc(Nc2ccc(C(=O)NCC(C)C)nc2)cc1. The summed E-state index contributed by atoms with van der Waals surface area (Å²) in [4.78, 5) is 27.7. The molecule has 6 heteroatoms. The summed E-state index contributed by atoms with van der Waals surface area (Å²) in [5.41, 5.74) is 2.45. The predicted molar refractivity (Wildman–Crippen MR) is 97.1 cm³/mol. The van der Waals surface area contributed by atoms with Gasteiger partial charge < -0.3 is 15.4 Å². The molecule has 0 spiro atoms. The molecule has 0 fully saturated rings. The van der Waals surface area contributed by atoms with Crippen LogP contribution in [0.1, 0.15) is 41.6 Å². The van der Waals surface area contributed by atoms with Gasteiger partial charge in [0.25, 0.3) is 5.91 Å². The molecule has 2 N–H and O–H groups in total. The molecule has 1 aromatic heterocycles. The van der Waals surface area contributed by atoms with Crippen LogP contribution in [0.5, 0.6) is 0 Å². The number of nitrogens with zero attached hydrogens (tertiary/aromatic N) is 1. The highest BCUT2D eigenvalue weighted by atomic mass is 16.5. The van der Waals surface area contributed by atoms with Gasteiger partial charge in [-0.1, -0.05) is 13.8 Å². The number of hydrogen-bond donors (Lipinski definition) is 2. The van der Waals surface area contributed by atoms with E-state index in [0.717, 1.165) is 11.4 Å². The molecule has 0 saturated carbocycles. The van der Waals surface area contributed by atoms with Crippen molar-refractivity contribution in [3.8, 4) is 0 Å². The number of hydrogen-bond acceptors (Lipinski definition) is 5. The topological polar surface area (TPSA) is 80.3 Å². The molecular formula is C19H23N3O3. The first-order chi connectivity index (χ1) is 12.0. The minimum absolute atomic E-state index is 0.181. The molecule has 2 rings (SSSR count). The summed E-state index contributed by atoms with van der Waals surface area (Å²) in [5, 5.41) is 6.00. The number of carbonyl (C=O) groups is 2. The monoisotopic (exact) mass is 341 g/mol. The van der Waals surface area contributed by atoms with Crippen LogP contribution in [0, 0.1) is 5.92 Å². The van der Waals surface area contributed by atoms with Gasteiger partial charge in [-0.3, -0.25) is 4.79 Å². The van der Waals surface area contributed by atoms with E-state index in [1.165, 1.54) is 0 Å². The van der Waals surface area contributed by atoms with Gasteiger partial charge in [0.2, 0.25) is 0 Å². The van der Waals surface area contributed by atoms with E-state index < -0.39 is 0 Å². The number of pyridine rings is 1. The zero-order valence-electron chi connectivity index (χ0n) is 14.7. The quantitative estimate of drug-likeness (QED) is 0.755. The maximum absolute atomic E-state index is 11.9. The van der Waals surface area contributed by atoms with Crippen molar-refractivity contribution in [3.05, 3.63) is 53.9 Å². The molecule has 0 radical (unpaired) electrons. The van der Waals surface area contributed by atoms with Crippen molar-refractivity contribution < 1.29 is 14.3 Å². The number of nitrogens with one attached hydrogen (secondary N) is 2. The van der Waals surface area contributed by atoms with E-state index in [-0.39, 0.29) is 11.9 Å².